The van der Waals surface area contributed by atoms with Crippen LogP contribution in [0.4, 0.5) is 13.2 Å². The molecule has 0 saturated carbocycles. The first kappa shape index (κ1) is 17.3. The van der Waals surface area contributed by atoms with E-state index in [0.717, 1.165) is 11.1 Å². The van der Waals surface area contributed by atoms with Crippen LogP contribution < -0.4 is 4.74 Å². The van der Waals surface area contributed by atoms with Crippen LogP contribution in [0.3, 0.4) is 0 Å². The van der Waals surface area contributed by atoms with Crippen molar-refractivity contribution in [3.05, 3.63) is 29.3 Å². The number of nitrogens with zero attached hydrogens (tertiary/aromatic N) is 2. The number of hydrazone groups is 1. The van der Waals surface area contributed by atoms with E-state index < -0.39 is 30.8 Å². The van der Waals surface area contributed by atoms with Crippen molar-refractivity contribution in [1.82, 2.24) is 5.01 Å². The van der Waals surface area contributed by atoms with E-state index in [2.05, 4.69) is 5.10 Å². The highest BCUT2D eigenvalue weighted by Gasteiger charge is 2.62. The molecule has 0 saturated heterocycles. The first-order valence-corrected chi connectivity index (χ1v) is 6.90. The van der Waals surface area contributed by atoms with Crippen molar-refractivity contribution in [2.45, 2.75) is 39.1 Å². The third-order valence-electron chi connectivity index (χ3n) is 3.37. The summed E-state index contributed by atoms with van der Waals surface area (Å²) in [5.74, 6) is -0.702. The molecule has 1 N–H and O–H groups in total. The van der Waals surface area contributed by atoms with Gasteiger partial charge in [0.1, 0.15) is 5.75 Å². The minimum absolute atomic E-state index is 0.0181. The number of aryl methyl sites for hydroxylation is 2. The van der Waals surface area contributed by atoms with Gasteiger partial charge in [-0.1, -0.05) is 6.07 Å². The molecule has 2 rings (SSSR count). The van der Waals surface area contributed by atoms with Crippen LogP contribution in [0, 0.1) is 13.8 Å². The molecule has 23 heavy (non-hydrogen) atoms. The van der Waals surface area contributed by atoms with Crippen LogP contribution in [0.25, 0.3) is 0 Å². The summed E-state index contributed by atoms with van der Waals surface area (Å²) in [5, 5.41) is 13.4. The number of hydrogen-bond acceptors (Lipinski definition) is 4. The summed E-state index contributed by atoms with van der Waals surface area (Å²) >= 11 is 0. The maximum absolute atomic E-state index is 13.0. The van der Waals surface area contributed by atoms with Crippen LogP contribution in [-0.2, 0) is 4.79 Å². The molecule has 1 unspecified atom stereocenters. The SMILES string of the molecule is CC1=NN(C(=O)COc2cc(C)cc(C)c2)C(O)(C(F)(F)F)C1. The van der Waals surface area contributed by atoms with E-state index in [1.807, 2.05) is 19.9 Å². The van der Waals surface area contributed by atoms with Crippen LogP contribution in [0.2, 0.25) is 0 Å². The molecule has 0 aromatic heterocycles. The third-order valence-corrected chi connectivity index (χ3v) is 3.37. The number of amides is 1. The number of carbonyl (C=O) groups is 1. The molecule has 0 aliphatic carbocycles. The fourth-order valence-electron chi connectivity index (χ4n) is 2.43. The van der Waals surface area contributed by atoms with E-state index in [1.54, 1.807) is 12.1 Å². The van der Waals surface area contributed by atoms with Gasteiger partial charge in [0.2, 0.25) is 0 Å². The van der Waals surface area contributed by atoms with Crippen LogP contribution in [0.1, 0.15) is 24.5 Å². The molecule has 8 heteroatoms. The highest BCUT2D eigenvalue weighted by atomic mass is 19.4. The normalized spacial score (nSPS) is 21.3. The van der Waals surface area contributed by atoms with Crippen molar-refractivity contribution in [2.75, 3.05) is 6.61 Å². The molecule has 1 heterocycles. The number of aliphatic hydroxyl groups is 1. The average Bonchev–Trinajstić information content (AvgIpc) is 2.71. The molecular weight excluding hydrogens is 313 g/mol. The fraction of sp³-hybridized carbons (Fsp3) is 0.467. The Hall–Kier alpha value is -2.09. The van der Waals surface area contributed by atoms with E-state index in [-0.39, 0.29) is 10.7 Å². The molecule has 1 aromatic carbocycles. The highest BCUT2D eigenvalue weighted by Crippen LogP contribution is 2.40. The van der Waals surface area contributed by atoms with Gasteiger partial charge in [0.05, 0.1) is 0 Å². The second kappa shape index (κ2) is 5.84. The lowest BCUT2D eigenvalue weighted by molar-refractivity contribution is -0.302. The Bertz CT molecular complexity index is 638. The fourth-order valence-corrected chi connectivity index (χ4v) is 2.43. The van der Waals surface area contributed by atoms with Crippen molar-refractivity contribution >= 4 is 11.6 Å². The molecule has 1 amide bonds. The van der Waals surface area contributed by atoms with Gasteiger partial charge >= 0.3 is 6.18 Å². The Balaban J connectivity index is 2.13. The van der Waals surface area contributed by atoms with E-state index in [9.17, 15) is 23.1 Å². The summed E-state index contributed by atoms with van der Waals surface area (Å²) < 4.78 is 44.4. The average molecular weight is 330 g/mol. The van der Waals surface area contributed by atoms with Crippen LogP contribution in [0.5, 0.6) is 5.75 Å². The largest absolute Gasteiger partial charge is 0.484 e. The number of halogens is 3. The smallest absolute Gasteiger partial charge is 0.438 e. The molecular formula is C15H17F3N2O3. The van der Waals surface area contributed by atoms with Crippen molar-refractivity contribution in [3.63, 3.8) is 0 Å². The van der Waals surface area contributed by atoms with Gasteiger partial charge in [0, 0.05) is 12.1 Å². The molecule has 0 fully saturated rings. The lowest BCUT2D eigenvalue weighted by Crippen LogP contribution is -2.57. The molecule has 0 radical (unpaired) electrons. The van der Waals surface area contributed by atoms with Gasteiger partial charge in [0.15, 0.2) is 6.61 Å². The molecule has 126 valence electrons. The molecule has 0 spiro atoms. The second-order valence-electron chi connectivity index (χ2n) is 5.64. The van der Waals surface area contributed by atoms with Gasteiger partial charge in [-0.25, -0.2) is 0 Å². The second-order valence-corrected chi connectivity index (χ2v) is 5.64. The van der Waals surface area contributed by atoms with E-state index in [1.165, 1.54) is 6.92 Å². The molecule has 1 aliphatic rings. The van der Waals surface area contributed by atoms with E-state index in [4.69, 9.17) is 4.74 Å². The predicted molar refractivity (Wildman–Crippen MR) is 77.0 cm³/mol. The van der Waals surface area contributed by atoms with E-state index in [0.29, 0.717) is 5.75 Å². The molecule has 1 atom stereocenters. The molecule has 1 aromatic rings. The minimum Gasteiger partial charge on any atom is -0.484 e. The van der Waals surface area contributed by atoms with Crippen molar-refractivity contribution in [2.24, 2.45) is 5.10 Å². The lowest BCUT2D eigenvalue weighted by Gasteiger charge is -2.32. The Morgan fingerprint density at radius 2 is 1.87 bits per heavy atom. The van der Waals surface area contributed by atoms with Crippen LogP contribution in [-0.4, -0.2) is 40.2 Å². The number of ether oxygens (including phenoxy) is 1. The summed E-state index contributed by atoms with van der Waals surface area (Å²) in [7, 11) is 0. The summed E-state index contributed by atoms with van der Waals surface area (Å²) in [6.45, 7) is 4.32. The Kier molecular flexibility index (Phi) is 4.39. The molecule has 5 nitrogen and oxygen atoms in total. The van der Waals surface area contributed by atoms with Gasteiger partial charge in [-0.3, -0.25) is 4.79 Å². The first-order valence-electron chi connectivity index (χ1n) is 6.90. The minimum atomic E-state index is -5.01. The Morgan fingerprint density at radius 1 is 1.30 bits per heavy atom. The third kappa shape index (κ3) is 3.47. The number of benzene rings is 1. The van der Waals surface area contributed by atoms with Gasteiger partial charge < -0.3 is 9.84 Å². The van der Waals surface area contributed by atoms with Gasteiger partial charge in [-0.15, -0.1) is 0 Å². The number of carbonyl (C=O) groups excluding carboxylic acids is 1. The summed E-state index contributed by atoms with van der Waals surface area (Å²) in [5.41, 5.74) is -1.51. The first-order chi connectivity index (χ1) is 10.5. The van der Waals surface area contributed by atoms with Crippen LogP contribution in [0.15, 0.2) is 23.3 Å². The van der Waals surface area contributed by atoms with Crippen LogP contribution >= 0.6 is 0 Å². The topological polar surface area (TPSA) is 62.1 Å². The van der Waals surface area contributed by atoms with Crippen molar-refractivity contribution in [3.8, 4) is 5.75 Å². The standard InChI is InChI=1S/C15H17F3N2O3/c1-9-4-10(2)6-12(5-9)23-8-13(21)20-14(22,15(16,17)18)7-11(3)19-20/h4-6,22H,7-8H2,1-3H3. The summed E-state index contributed by atoms with van der Waals surface area (Å²) in [6.07, 6.45) is -5.78. The van der Waals surface area contributed by atoms with E-state index >= 15 is 0 Å². The van der Waals surface area contributed by atoms with Gasteiger partial charge in [0.25, 0.3) is 11.6 Å². The molecule has 1 aliphatic heterocycles. The number of hydrogen-bond donors (Lipinski definition) is 1. The van der Waals surface area contributed by atoms with Crippen molar-refractivity contribution in [1.29, 1.82) is 0 Å². The van der Waals surface area contributed by atoms with Gasteiger partial charge in [-0.2, -0.15) is 23.3 Å². The Morgan fingerprint density at radius 3 is 2.39 bits per heavy atom. The monoisotopic (exact) mass is 330 g/mol. The molecule has 0 bridgehead atoms. The quantitative estimate of drug-likeness (QED) is 0.926. The number of alkyl halides is 3. The number of rotatable bonds is 3. The zero-order chi connectivity index (χ0) is 17.4. The van der Waals surface area contributed by atoms with Crippen molar-refractivity contribution < 1.29 is 27.8 Å². The maximum atomic E-state index is 13.0. The van der Waals surface area contributed by atoms with Gasteiger partial charge in [-0.05, 0) is 44.0 Å². The zero-order valence-corrected chi connectivity index (χ0v) is 12.9. The highest BCUT2D eigenvalue weighted by molar-refractivity contribution is 5.89. The predicted octanol–water partition coefficient (Wildman–Crippen LogP) is 2.54. The summed E-state index contributed by atoms with van der Waals surface area (Å²) in [4.78, 5) is 12.0. The summed E-state index contributed by atoms with van der Waals surface area (Å²) in [6, 6.07) is 5.22. The zero-order valence-electron chi connectivity index (χ0n) is 12.9. The Labute approximate surface area is 131 Å². The maximum Gasteiger partial charge on any atom is 0.438 e. The lowest BCUT2D eigenvalue weighted by atomic mass is 10.1.